The molecule has 2 aromatic rings. The van der Waals surface area contributed by atoms with Crippen molar-refractivity contribution in [2.24, 2.45) is 0 Å². The van der Waals surface area contributed by atoms with E-state index in [9.17, 15) is 5.11 Å². The number of pyridine rings is 1. The van der Waals surface area contributed by atoms with Crippen LogP contribution in [0.4, 0.5) is 5.82 Å². The first-order chi connectivity index (χ1) is 9.58. The van der Waals surface area contributed by atoms with Crippen molar-refractivity contribution in [3.63, 3.8) is 0 Å². The van der Waals surface area contributed by atoms with Crippen molar-refractivity contribution in [1.29, 1.82) is 0 Å². The van der Waals surface area contributed by atoms with Gasteiger partial charge in [-0.15, -0.1) is 0 Å². The van der Waals surface area contributed by atoms with Gasteiger partial charge in [0.15, 0.2) is 11.5 Å². The number of anilines is 1. The summed E-state index contributed by atoms with van der Waals surface area (Å²) in [5.41, 5.74) is 6.82. The van der Waals surface area contributed by atoms with Crippen molar-refractivity contribution in [3.8, 4) is 11.5 Å². The normalized spacial score (nSPS) is 12.0. The summed E-state index contributed by atoms with van der Waals surface area (Å²) in [5, 5.41) is 10.8. The van der Waals surface area contributed by atoms with Gasteiger partial charge in [0.25, 0.3) is 0 Å². The molecule has 1 unspecified atom stereocenters. The Hall–Kier alpha value is -1.98. The van der Waals surface area contributed by atoms with E-state index in [0.29, 0.717) is 27.6 Å². The summed E-state index contributed by atoms with van der Waals surface area (Å²) in [7, 11) is 3.00. The fourth-order valence-corrected chi connectivity index (χ4v) is 2.23. The molecule has 0 fully saturated rings. The van der Waals surface area contributed by atoms with Crippen LogP contribution < -0.4 is 15.2 Å². The minimum absolute atomic E-state index is 0.269. The molecule has 20 heavy (non-hydrogen) atoms. The van der Waals surface area contributed by atoms with Gasteiger partial charge >= 0.3 is 0 Å². The number of aromatic nitrogens is 1. The maximum absolute atomic E-state index is 10.4. The Balaban J connectivity index is 2.48. The Morgan fingerprint density at radius 3 is 2.65 bits per heavy atom. The number of aliphatic hydroxyl groups excluding tert-OH is 1. The van der Waals surface area contributed by atoms with Crippen LogP contribution in [-0.4, -0.2) is 24.3 Å². The Morgan fingerprint density at radius 1 is 1.30 bits per heavy atom. The summed E-state index contributed by atoms with van der Waals surface area (Å²) < 4.78 is 10.4. The number of hydrogen-bond acceptors (Lipinski definition) is 5. The number of ether oxygens (including phenoxy) is 2. The van der Waals surface area contributed by atoms with Crippen LogP contribution in [-0.2, 0) is 0 Å². The zero-order valence-corrected chi connectivity index (χ0v) is 11.9. The summed E-state index contributed by atoms with van der Waals surface area (Å²) in [4.78, 5) is 3.95. The highest BCUT2D eigenvalue weighted by molar-refractivity contribution is 6.32. The highest BCUT2D eigenvalue weighted by Gasteiger charge is 2.18. The molecule has 1 aromatic carbocycles. The second kappa shape index (κ2) is 5.98. The van der Waals surface area contributed by atoms with Crippen LogP contribution in [0.1, 0.15) is 17.2 Å². The van der Waals surface area contributed by atoms with Gasteiger partial charge in [-0.3, -0.25) is 0 Å². The molecule has 1 atom stereocenters. The summed E-state index contributed by atoms with van der Waals surface area (Å²) in [6.45, 7) is 0. The number of halogens is 1. The van der Waals surface area contributed by atoms with Crippen molar-refractivity contribution in [2.75, 3.05) is 20.0 Å². The van der Waals surface area contributed by atoms with Gasteiger partial charge in [0.2, 0.25) is 0 Å². The minimum Gasteiger partial charge on any atom is -0.493 e. The van der Waals surface area contributed by atoms with E-state index in [0.717, 1.165) is 0 Å². The third-order valence-corrected chi connectivity index (χ3v) is 3.22. The Labute approximate surface area is 121 Å². The lowest BCUT2D eigenvalue weighted by atomic mass is 10.0. The molecule has 6 heteroatoms. The van der Waals surface area contributed by atoms with Gasteiger partial charge in [-0.1, -0.05) is 17.7 Å². The molecular weight excluding hydrogens is 280 g/mol. The number of benzene rings is 1. The number of aliphatic hydroxyl groups is 1. The fraction of sp³-hybridized carbons (Fsp3) is 0.214. The number of methoxy groups -OCH3 is 2. The van der Waals surface area contributed by atoms with Gasteiger partial charge in [-0.2, -0.15) is 0 Å². The standard InChI is InChI=1S/C14H15ClN2O3/c1-19-11-7-8(6-10(15)13(11)20-2)12(18)9-4-3-5-17-14(9)16/h3-7,12,18H,1-2H3,(H2,16,17). The first-order valence-corrected chi connectivity index (χ1v) is 6.26. The molecule has 0 amide bonds. The summed E-state index contributed by atoms with van der Waals surface area (Å²) in [5.74, 6) is 1.13. The van der Waals surface area contributed by atoms with Crippen LogP contribution in [0.5, 0.6) is 11.5 Å². The fourth-order valence-electron chi connectivity index (χ4n) is 1.94. The zero-order chi connectivity index (χ0) is 14.7. The van der Waals surface area contributed by atoms with E-state index in [-0.39, 0.29) is 5.82 Å². The predicted octanol–water partition coefficient (Wildman–Crippen LogP) is 2.42. The van der Waals surface area contributed by atoms with Gasteiger partial charge in [0.05, 0.1) is 19.2 Å². The van der Waals surface area contributed by atoms with Gasteiger partial charge in [-0.05, 0) is 23.8 Å². The Morgan fingerprint density at radius 2 is 2.05 bits per heavy atom. The molecular formula is C14H15ClN2O3. The molecule has 0 aliphatic carbocycles. The molecule has 106 valence electrons. The Kier molecular flexibility index (Phi) is 4.32. The molecule has 0 aliphatic rings. The van der Waals surface area contributed by atoms with Crippen LogP contribution in [0.2, 0.25) is 5.02 Å². The lowest BCUT2D eigenvalue weighted by molar-refractivity contribution is 0.220. The first-order valence-electron chi connectivity index (χ1n) is 5.88. The van der Waals surface area contributed by atoms with Crippen LogP contribution in [0, 0.1) is 0 Å². The zero-order valence-electron chi connectivity index (χ0n) is 11.1. The lowest BCUT2D eigenvalue weighted by Crippen LogP contribution is -2.06. The molecule has 0 radical (unpaired) electrons. The maximum Gasteiger partial charge on any atom is 0.179 e. The lowest BCUT2D eigenvalue weighted by Gasteiger charge is -2.16. The minimum atomic E-state index is -0.944. The maximum atomic E-state index is 10.4. The topological polar surface area (TPSA) is 77.6 Å². The van der Waals surface area contributed by atoms with Crippen LogP contribution >= 0.6 is 11.6 Å². The van der Waals surface area contributed by atoms with Gasteiger partial charge in [0.1, 0.15) is 11.9 Å². The van der Waals surface area contributed by atoms with E-state index in [1.807, 2.05) is 0 Å². The molecule has 0 saturated heterocycles. The quantitative estimate of drug-likeness (QED) is 0.905. The van der Waals surface area contributed by atoms with E-state index in [1.54, 1.807) is 30.5 Å². The van der Waals surface area contributed by atoms with E-state index in [1.165, 1.54) is 14.2 Å². The molecule has 3 N–H and O–H groups in total. The number of nitrogen functional groups attached to an aromatic ring is 1. The van der Waals surface area contributed by atoms with E-state index < -0.39 is 6.10 Å². The van der Waals surface area contributed by atoms with E-state index in [2.05, 4.69) is 4.98 Å². The molecule has 0 bridgehead atoms. The van der Waals surface area contributed by atoms with Gasteiger partial charge < -0.3 is 20.3 Å². The van der Waals surface area contributed by atoms with Gasteiger partial charge in [-0.25, -0.2) is 4.98 Å². The first kappa shape index (κ1) is 14.4. The van der Waals surface area contributed by atoms with E-state index >= 15 is 0 Å². The summed E-state index contributed by atoms with van der Waals surface area (Å²) >= 11 is 6.12. The number of nitrogens with zero attached hydrogens (tertiary/aromatic N) is 1. The van der Waals surface area contributed by atoms with Crippen LogP contribution in [0.3, 0.4) is 0 Å². The number of nitrogens with two attached hydrogens (primary N) is 1. The molecule has 0 saturated carbocycles. The molecule has 2 rings (SSSR count). The van der Waals surface area contributed by atoms with Crippen LogP contribution in [0.25, 0.3) is 0 Å². The molecule has 1 aromatic heterocycles. The largest absolute Gasteiger partial charge is 0.493 e. The molecule has 5 nitrogen and oxygen atoms in total. The third-order valence-electron chi connectivity index (χ3n) is 2.94. The highest BCUT2D eigenvalue weighted by atomic mass is 35.5. The van der Waals surface area contributed by atoms with Crippen molar-refractivity contribution in [2.45, 2.75) is 6.10 Å². The highest BCUT2D eigenvalue weighted by Crippen LogP contribution is 2.39. The average Bonchev–Trinajstić information content (AvgIpc) is 2.46. The van der Waals surface area contributed by atoms with Gasteiger partial charge in [0, 0.05) is 11.8 Å². The molecule has 1 heterocycles. The summed E-state index contributed by atoms with van der Waals surface area (Å²) in [6, 6.07) is 6.68. The monoisotopic (exact) mass is 294 g/mol. The second-order valence-corrected chi connectivity index (χ2v) is 4.53. The van der Waals surface area contributed by atoms with Crippen molar-refractivity contribution in [1.82, 2.24) is 4.98 Å². The number of hydrogen-bond donors (Lipinski definition) is 2. The Bertz CT molecular complexity index is 619. The predicted molar refractivity (Wildman–Crippen MR) is 77.3 cm³/mol. The second-order valence-electron chi connectivity index (χ2n) is 4.12. The average molecular weight is 295 g/mol. The van der Waals surface area contributed by atoms with E-state index in [4.69, 9.17) is 26.8 Å². The smallest absolute Gasteiger partial charge is 0.179 e. The molecule has 0 aliphatic heterocycles. The van der Waals surface area contributed by atoms with Crippen molar-refractivity contribution >= 4 is 17.4 Å². The third kappa shape index (κ3) is 2.64. The number of rotatable bonds is 4. The van der Waals surface area contributed by atoms with Crippen molar-refractivity contribution in [3.05, 3.63) is 46.6 Å². The summed E-state index contributed by atoms with van der Waals surface area (Å²) in [6.07, 6.45) is 0.619. The van der Waals surface area contributed by atoms with Crippen LogP contribution in [0.15, 0.2) is 30.5 Å². The molecule has 0 spiro atoms. The SMILES string of the molecule is COc1cc(C(O)c2cccnc2N)cc(Cl)c1OC. The van der Waals surface area contributed by atoms with Crippen molar-refractivity contribution < 1.29 is 14.6 Å².